The highest BCUT2D eigenvalue weighted by atomic mass is 32.2. The van der Waals surface area contributed by atoms with Crippen LogP contribution in [0.25, 0.3) is 0 Å². The van der Waals surface area contributed by atoms with Crippen molar-refractivity contribution < 1.29 is 13.2 Å². The van der Waals surface area contributed by atoms with Crippen LogP contribution >= 0.6 is 0 Å². The summed E-state index contributed by atoms with van der Waals surface area (Å²) >= 11 is 0. The Morgan fingerprint density at radius 1 is 1.40 bits per heavy atom. The van der Waals surface area contributed by atoms with Crippen LogP contribution in [0.5, 0.6) is 5.75 Å². The van der Waals surface area contributed by atoms with Crippen molar-refractivity contribution in [2.24, 2.45) is 5.73 Å². The van der Waals surface area contributed by atoms with E-state index < -0.39 is 9.84 Å². The van der Waals surface area contributed by atoms with Crippen LogP contribution in [0.1, 0.15) is 12.5 Å². The van der Waals surface area contributed by atoms with Gasteiger partial charge in [-0.25, -0.2) is 8.42 Å². The lowest BCUT2D eigenvalue weighted by atomic mass is 10.2. The summed E-state index contributed by atoms with van der Waals surface area (Å²) in [5, 5.41) is 0. The van der Waals surface area contributed by atoms with E-state index in [1.54, 1.807) is 25.1 Å². The molecule has 1 rings (SSSR count). The molecule has 0 aliphatic carbocycles. The molecular weight excluding hydrogens is 214 g/mol. The first kappa shape index (κ1) is 12.0. The summed E-state index contributed by atoms with van der Waals surface area (Å²) < 4.78 is 28.5. The largest absolute Gasteiger partial charge is 0.495 e. The van der Waals surface area contributed by atoms with Crippen LogP contribution in [0.15, 0.2) is 23.1 Å². The first-order chi connectivity index (χ1) is 7.05. The van der Waals surface area contributed by atoms with Crippen LogP contribution in [0, 0.1) is 0 Å². The molecule has 0 radical (unpaired) electrons. The second kappa shape index (κ2) is 4.63. The molecule has 0 atom stereocenters. The van der Waals surface area contributed by atoms with Gasteiger partial charge >= 0.3 is 0 Å². The van der Waals surface area contributed by atoms with E-state index >= 15 is 0 Å². The Kier molecular flexibility index (Phi) is 3.71. The van der Waals surface area contributed by atoms with Gasteiger partial charge in [-0.3, -0.25) is 0 Å². The number of hydrogen-bond donors (Lipinski definition) is 1. The fraction of sp³-hybridized carbons (Fsp3) is 0.400. The van der Waals surface area contributed by atoms with Gasteiger partial charge in [0.1, 0.15) is 10.6 Å². The van der Waals surface area contributed by atoms with Gasteiger partial charge in [0.2, 0.25) is 0 Å². The van der Waals surface area contributed by atoms with Crippen molar-refractivity contribution in [3.63, 3.8) is 0 Å². The van der Waals surface area contributed by atoms with Gasteiger partial charge < -0.3 is 10.5 Å². The van der Waals surface area contributed by atoms with Crippen LogP contribution < -0.4 is 10.5 Å². The second-order valence-corrected chi connectivity index (χ2v) is 5.34. The smallest absolute Gasteiger partial charge is 0.181 e. The highest BCUT2D eigenvalue weighted by Crippen LogP contribution is 2.25. The molecule has 84 valence electrons. The Hall–Kier alpha value is -1.07. The van der Waals surface area contributed by atoms with Gasteiger partial charge in [-0.2, -0.15) is 0 Å². The van der Waals surface area contributed by atoms with E-state index in [1.165, 1.54) is 7.11 Å². The summed E-state index contributed by atoms with van der Waals surface area (Å²) in [7, 11) is -1.80. The zero-order valence-electron chi connectivity index (χ0n) is 8.86. The summed E-state index contributed by atoms with van der Waals surface area (Å²) in [6.07, 6.45) is 0. The van der Waals surface area contributed by atoms with E-state index in [1.807, 2.05) is 0 Å². The molecule has 0 aromatic heterocycles. The SMILES string of the molecule is CCS(=O)(=O)c1cc(CN)ccc1OC. The Bertz CT molecular complexity index is 440. The van der Waals surface area contributed by atoms with E-state index in [2.05, 4.69) is 0 Å². The zero-order valence-corrected chi connectivity index (χ0v) is 9.67. The number of methoxy groups -OCH3 is 1. The van der Waals surface area contributed by atoms with Crippen molar-refractivity contribution in [3.05, 3.63) is 23.8 Å². The molecule has 2 N–H and O–H groups in total. The standard InChI is InChI=1S/C10H15NO3S/c1-3-15(12,13)10-6-8(7-11)4-5-9(10)14-2/h4-6H,3,7,11H2,1-2H3. The molecule has 0 bridgehead atoms. The minimum absolute atomic E-state index is 0.0530. The highest BCUT2D eigenvalue weighted by molar-refractivity contribution is 7.91. The summed E-state index contributed by atoms with van der Waals surface area (Å²) in [6.45, 7) is 1.92. The van der Waals surface area contributed by atoms with E-state index in [0.717, 1.165) is 5.56 Å². The van der Waals surface area contributed by atoms with Crippen LogP contribution in [0.2, 0.25) is 0 Å². The van der Waals surface area contributed by atoms with E-state index in [9.17, 15) is 8.42 Å². The first-order valence-electron chi connectivity index (χ1n) is 4.65. The average Bonchev–Trinajstić information content (AvgIpc) is 2.28. The van der Waals surface area contributed by atoms with Gasteiger partial charge in [0, 0.05) is 6.54 Å². The Balaban J connectivity index is 3.36. The van der Waals surface area contributed by atoms with E-state index in [0.29, 0.717) is 12.3 Å². The lowest BCUT2D eigenvalue weighted by molar-refractivity contribution is 0.402. The molecule has 0 saturated heterocycles. The third kappa shape index (κ3) is 2.49. The monoisotopic (exact) mass is 229 g/mol. The van der Waals surface area contributed by atoms with Gasteiger partial charge in [0.25, 0.3) is 0 Å². The lowest BCUT2D eigenvalue weighted by Crippen LogP contribution is -2.07. The van der Waals surface area contributed by atoms with Crippen molar-refractivity contribution in [3.8, 4) is 5.75 Å². The molecule has 0 saturated carbocycles. The molecule has 0 spiro atoms. The number of sulfone groups is 1. The van der Waals surface area contributed by atoms with Gasteiger partial charge in [0.05, 0.1) is 12.9 Å². The third-order valence-electron chi connectivity index (χ3n) is 2.18. The number of rotatable bonds is 4. The second-order valence-electron chi connectivity index (χ2n) is 3.09. The van der Waals surface area contributed by atoms with Crippen LogP contribution in [0.4, 0.5) is 0 Å². The quantitative estimate of drug-likeness (QED) is 0.834. The average molecular weight is 229 g/mol. The molecule has 5 heteroatoms. The lowest BCUT2D eigenvalue weighted by Gasteiger charge is -2.09. The topological polar surface area (TPSA) is 69.4 Å². The first-order valence-corrected chi connectivity index (χ1v) is 6.30. The van der Waals surface area contributed by atoms with Gasteiger partial charge in [0.15, 0.2) is 9.84 Å². The maximum absolute atomic E-state index is 11.7. The molecule has 0 unspecified atom stereocenters. The molecular formula is C10H15NO3S. The zero-order chi connectivity index (χ0) is 11.5. The maximum atomic E-state index is 11.7. The molecule has 0 fully saturated rings. The fourth-order valence-electron chi connectivity index (χ4n) is 1.25. The Labute approximate surface area is 90.0 Å². The molecule has 1 aromatic carbocycles. The van der Waals surface area contributed by atoms with Gasteiger partial charge in [-0.05, 0) is 17.7 Å². The molecule has 0 amide bonds. The molecule has 0 heterocycles. The molecule has 0 aliphatic heterocycles. The van der Waals surface area contributed by atoms with Crippen molar-refractivity contribution in [2.75, 3.05) is 12.9 Å². The van der Waals surface area contributed by atoms with Crippen molar-refractivity contribution in [1.82, 2.24) is 0 Å². The van der Waals surface area contributed by atoms with Crippen LogP contribution in [0.3, 0.4) is 0 Å². The molecule has 0 aliphatic rings. The predicted octanol–water partition coefficient (Wildman–Crippen LogP) is 0.948. The van der Waals surface area contributed by atoms with Crippen LogP contribution in [-0.2, 0) is 16.4 Å². The van der Waals surface area contributed by atoms with Crippen molar-refractivity contribution in [1.29, 1.82) is 0 Å². The van der Waals surface area contributed by atoms with Crippen molar-refractivity contribution in [2.45, 2.75) is 18.4 Å². The highest BCUT2D eigenvalue weighted by Gasteiger charge is 2.17. The summed E-state index contributed by atoms with van der Waals surface area (Å²) in [6, 6.07) is 4.95. The molecule has 4 nitrogen and oxygen atoms in total. The number of ether oxygens (including phenoxy) is 1. The maximum Gasteiger partial charge on any atom is 0.181 e. The number of nitrogens with two attached hydrogens (primary N) is 1. The van der Waals surface area contributed by atoms with E-state index in [-0.39, 0.29) is 10.6 Å². The fourth-order valence-corrected chi connectivity index (χ4v) is 2.35. The van der Waals surface area contributed by atoms with E-state index in [4.69, 9.17) is 10.5 Å². The minimum atomic E-state index is -3.25. The van der Waals surface area contributed by atoms with Crippen LogP contribution in [-0.4, -0.2) is 21.3 Å². The van der Waals surface area contributed by atoms with Gasteiger partial charge in [-0.1, -0.05) is 13.0 Å². The third-order valence-corrected chi connectivity index (χ3v) is 3.93. The number of hydrogen-bond acceptors (Lipinski definition) is 4. The minimum Gasteiger partial charge on any atom is -0.495 e. The normalized spacial score (nSPS) is 11.4. The number of benzene rings is 1. The Morgan fingerprint density at radius 3 is 2.53 bits per heavy atom. The Morgan fingerprint density at radius 2 is 2.07 bits per heavy atom. The summed E-state index contributed by atoms with van der Waals surface area (Å²) in [4.78, 5) is 0.218. The molecule has 15 heavy (non-hydrogen) atoms. The predicted molar refractivity (Wildman–Crippen MR) is 58.6 cm³/mol. The van der Waals surface area contributed by atoms with Gasteiger partial charge in [-0.15, -0.1) is 0 Å². The summed E-state index contributed by atoms with van der Waals surface area (Å²) in [5.74, 6) is 0.422. The summed E-state index contributed by atoms with van der Waals surface area (Å²) in [5.41, 5.74) is 6.24. The molecule has 1 aromatic rings. The van der Waals surface area contributed by atoms with Crippen molar-refractivity contribution >= 4 is 9.84 Å².